The van der Waals surface area contributed by atoms with Crippen molar-refractivity contribution in [3.8, 4) is 11.5 Å². The lowest BCUT2D eigenvalue weighted by atomic mass is 10.1. The third-order valence-corrected chi connectivity index (χ3v) is 3.36. The summed E-state index contributed by atoms with van der Waals surface area (Å²) < 4.78 is 10.8. The molecule has 118 valence electrons. The lowest BCUT2D eigenvalue weighted by molar-refractivity contribution is 0.0728. The van der Waals surface area contributed by atoms with Crippen molar-refractivity contribution in [2.24, 2.45) is 0 Å². The van der Waals surface area contributed by atoms with Gasteiger partial charge in [0.15, 0.2) is 11.5 Å². The zero-order valence-corrected chi connectivity index (χ0v) is 13.2. The van der Waals surface area contributed by atoms with Crippen LogP contribution in [0.1, 0.15) is 31.8 Å². The molecule has 0 saturated carbocycles. The molecule has 4 nitrogen and oxygen atoms in total. The van der Waals surface area contributed by atoms with Crippen LogP contribution in [0.3, 0.4) is 0 Å². The Morgan fingerprint density at radius 1 is 1.22 bits per heavy atom. The van der Waals surface area contributed by atoms with Gasteiger partial charge in [-0.15, -0.1) is 6.58 Å². The number of ether oxygens (including phenoxy) is 2. The Kier molecular flexibility index (Phi) is 5.31. The summed E-state index contributed by atoms with van der Waals surface area (Å²) in [6.45, 7) is 5.63. The van der Waals surface area contributed by atoms with Crippen LogP contribution in [0.4, 0.5) is 0 Å². The molecule has 0 spiro atoms. The molecule has 23 heavy (non-hydrogen) atoms. The summed E-state index contributed by atoms with van der Waals surface area (Å²) in [5.74, 6) is 0.169. The molecule has 2 aromatic carbocycles. The maximum atomic E-state index is 12.3. The van der Waals surface area contributed by atoms with Gasteiger partial charge in [0.25, 0.3) is 0 Å². The molecular weight excluding hydrogens is 292 g/mol. The van der Waals surface area contributed by atoms with Crippen molar-refractivity contribution in [3.05, 3.63) is 71.3 Å². The summed E-state index contributed by atoms with van der Waals surface area (Å²) in [5, 5.41) is 0. The van der Waals surface area contributed by atoms with Gasteiger partial charge in [-0.3, -0.25) is 4.79 Å². The van der Waals surface area contributed by atoms with E-state index in [2.05, 4.69) is 6.58 Å². The molecule has 0 unspecified atom stereocenters. The van der Waals surface area contributed by atoms with Crippen molar-refractivity contribution >= 4 is 12.3 Å². The monoisotopic (exact) mass is 310 g/mol. The Hall–Kier alpha value is -2.88. The van der Waals surface area contributed by atoms with Gasteiger partial charge in [-0.25, -0.2) is 4.79 Å². The van der Waals surface area contributed by atoms with Gasteiger partial charge in [0.1, 0.15) is 6.29 Å². The van der Waals surface area contributed by atoms with Crippen molar-refractivity contribution in [2.75, 3.05) is 7.11 Å². The van der Waals surface area contributed by atoms with E-state index < -0.39 is 5.97 Å². The van der Waals surface area contributed by atoms with Gasteiger partial charge in [0.05, 0.1) is 12.7 Å². The summed E-state index contributed by atoms with van der Waals surface area (Å²) in [5.41, 5.74) is 2.62. The molecule has 0 saturated heterocycles. The maximum absolute atomic E-state index is 12.3. The molecule has 2 rings (SSSR count). The highest BCUT2D eigenvalue weighted by atomic mass is 16.6. The summed E-state index contributed by atoms with van der Waals surface area (Å²) in [7, 11) is 1.46. The Morgan fingerprint density at radius 3 is 2.48 bits per heavy atom. The van der Waals surface area contributed by atoms with Crippen molar-refractivity contribution < 1.29 is 19.1 Å². The van der Waals surface area contributed by atoms with Gasteiger partial charge < -0.3 is 9.47 Å². The van der Waals surface area contributed by atoms with E-state index in [9.17, 15) is 9.59 Å². The minimum atomic E-state index is -0.479. The Balaban J connectivity index is 2.40. The first kappa shape index (κ1) is 16.5. The predicted molar refractivity (Wildman–Crippen MR) is 88.4 cm³/mol. The van der Waals surface area contributed by atoms with Crippen LogP contribution in [-0.4, -0.2) is 19.4 Å². The standard InChI is InChI=1S/C19H18O4/c1-4-5-16-10-14(12-20)11-17(22-3)18(16)23-19(21)15-8-6-13(2)7-9-15/h4,6-12H,1,5H2,2-3H3. The highest BCUT2D eigenvalue weighted by Crippen LogP contribution is 2.33. The molecule has 0 amide bonds. The van der Waals surface area contributed by atoms with Crippen LogP contribution in [0.5, 0.6) is 11.5 Å². The number of rotatable bonds is 6. The number of hydrogen-bond acceptors (Lipinski definition) is 4. The number of allylic oxidation sites excluding steroid dienone is 1. The Bertz CT molecular complexity index is 730. The SMILES string of the molecule is C=CCc1cc(C=O)cc(OC)c1OC(=O)c1ccc(C)cc1. The molecule has 0 atom stereocenters. The number of benzene rings is 2. The van der Waals surface area contributed by atoms with Crippen LogP contribution in [-0.2, 0) is 6.42 Å². The van der Waals surface area contributed by atoms with Crippen molar-refractivity contribution in [1.82, 2.24) is 0 Å². The zero-order valence-electron chi connectivity index (χ0n) is 13.2. The highest BCUT2D eigenvalue weighted by Gasteiger charge is 2.17. The molecule has 2 aromatic rings. The number of methoxy groups -OCH3 is 1. The van der Waals surface area contributed by atoms with Crippen molar-refractivity contribution in [2.45, 2.75) is 13.3 Å². The molecule has 0 bridgehead atoms. The van der Waals surface area contributed by atoms with Crippen LogP contribution >= 0.6 is 0 Å². The minimum Gasteiger partial charge on any atom is -0.493 e. The van der Waals surface area contributed by atoms with Crippen LogP contribution in [0, 0.1) is 6.92 Å². The normalized spacial score (nSPS) is 10.0. The zero-order chi connectivity index (χ0) is 16.8. The van der Waals surface area contributed by atoms with E-state index in [4.69, 9.17) is 9.47 Å². The number of aryl methyl sites for hydroxylation is 1. The average molecular weight is 310 g/mol. The fourth-order valence-corrected chi connectivity index (χ4v) is 2.17. The van der Waals surface area contributed by atoms with Gasteiger partial charge in [-0.1, -0.05) is 23.8 Å². The van der Waals surface area contributed by atoms with Crippen LogP contribution in [0.2, 0.25) is 0 Å². The highest BCUT2D eigenvalue weighted by molar-refractivity contribution is 5.92. The van der Waals surface area contributed by atoms with Crippen molar-refractivity contribution in [1.29, 1.82) is 0 Å². The number of esters is 1. The molecule has 0 aliphatic heterocycles. The summed E-state index contributed by atoms with van der Waals surface area (Å²) in [6, 6.07) is 10.3. The number of aldehydes is 1. The predicted octanol–water partition coefficient (Wildman–Crippen LogP) is 3.76. The second-order valence-electron chi connectivity index (χ2n) is 5.08. The van der Waals surface area contributed by atoms with E-state index >= 15 is 0 Å². The first-order chi connectivity index (χ1) is 11.1. The van der Waals surface area contributed by atoms with E-state index in [1.807, 2.05) is 19.1 Å². The summed E-state index contributed by atoms with van der Waals surface area (Å²) >= 11 is 0. The van der Waals surface area contributed by atoms with Crippen LogP contribution < -0.4 is 9.47 Å². The first-order valence-electron chi connectivity index (χ1n) is 7.15. The van der Waals surface area contributed by atoms with E-state index in [0.717, 1.165) is 11.8 Å². The second-order valence-corrected chi connectivity index (χ2v) is 5.08. The summed E-state index contributed by atoms with van der Waals surface area (Å²) in [6.07, 6.45) is 2.85. The average Bonchev–Trinajstić information content (AvgIpc) is 2.56. The fourth-order valence-electron chi connectivity index (χ4n) is 2.17. The topological polar surface area (TPSA) is 52.6 Å². The largest absolute Gasteiger partial charge is 0.493 e. The first-order valence-corrected chi connectivity index (χ1v) is 7.15. The second kappa shape index (κ2) is 7.40. The lowest BCUT2D eigenvalue weighted by Crippen LogP contribution is -2.11. The van der Waals surface area contributed by atoms with Gasteiger partial charge >= 0.3 is 5.97 Å². The fraction of sp³-hybridized carbons (Fsp3) is 0.158. The molecule has 0 heterocycles. The minimum absolute atomic E-state index is 0.309. The van der Waals surface area contributed by atoms with E-state index in [1.54, 1.807) is 24.3 Å². The maximum Gasteiger partial charge on any atom is 0.343 e. The smallest absolute Gasteiger partial charge is 0.343 e. The number of carbonyl (C=O) groups excluding carboxylic acids is 2. The molecule has 0 aliphatic rings. The Morgan fingerprint density at radius 2 is 1.91 bits per heavy atom. The van der Waals surface area contributed by atoms with E-state index in [-0.39, 0.29) is 0 Å². The van der Waals surface area contributed by atoms with Gasteiger partial charge in [0.2, 0.25) is 0 Å². The third-order valence-electron chi connectivity index (χ3n) is 3.36. The van der Waals surface area contributed by atoms with Crippen LogP contribution in [0.15, 0.2) is 49.1 Å². The third kappa shape index (κ3) is 3.86. The lowest BCUT2D eigenvalue weighted by Gasteiger charge is -2.14. The molecule has 0 N–H and O–H groups in total. The molecule has 0 aliphatic carbocycles. The van der Waals surface area contributed by atoms with Crippen LogP contribution in [0.25, 0.3) is 0 Å². The van der Waals surface area contributed by atoms with Gasteiger partial charge in [-0.2, -0.15) is 0 Å². The van der Waals surface area contributed by atoms with E-state index in [1.165, 1.54) is 13.2 Å². The van der Waals surface area contributed by atoms with E-state index in [0.29, 0.717) is 34.6 Å². The Labute approximate surface area is 135 Å². The van der Waals surface area contributed by atoms with Gasteiger partial charge in [-0.05, 0) is 37.6 Å². The molecule has 4 heteroatoms. The number of hydrogen-bond donors (Lipinski definition) is 0. The quantitative estimate of drug-likeness (QED) is 0.353. The molecular formula is C19H18O4. The molecule has 0 radical (unpaired) electrons. The van der Waals surface area contributed by atoms with Gasteiger partial charge in [0, 0.05) is 11.1 Å². The molecule has 0 aromatic heterocycles. The van der Waals surface area contributed by atoms with Crippen molar-refractivity contribution in [3.63, 3.8) is 0 Å². The number of carbonyl (C=O) groups is 2. The molecule has 0 fully saturated rings. The summed E-state index contributed by atoms with van der Waals surface area (Å²) in [4.78, 5) is 23.4.